The lowest BCUT2D eigenvalue weighted by atomic mass is 10.1. The van der Waals surface area contributed by atoms with Crippen molar-refractivity contribution in [1.29, 1.82) is 0 Å². The monoisotopic (exact) mass is 334 g/mol. The summed E-state index contributed by atoms with van der Waals surface area (Å²) in [5.41, 5.74) is 0.686. The minimum absolute atomic E-state index is 0.0921. The molecule has 2 heterocycles. The third-order valence-corrected chi connectivity index (χ3v) is 5.44. The van der Waals surface area contributed by atoms with Gasteiger partial charge in [-0.3, -0.25) is 9.69 Å². The van der Waals surface area contributed by atoms with Gasteiger partial charge in [0.1, 0.15) is 0 Å². The smallest absolute Gasteiger partial charge is 0.254 e. The number of nitrogens with zero attached hydrogens (tertiary/aromatic N) is 2. The fourth-order valence-corrected chi connectivity index (χ4v) is 3.85. The van der Waals surface area contributed by atoms with Gasteiger partial charge in [-0.05, 0) is 43.4 Å². The first-order valence-corrected chi connectivity index (χ1v) is 8.97. The molecule has 1 aromatic rings. The van der Waals surface area contributed by atoms with Crippen molar-refractivity contribution < 1.29 is 9.53 Å². The van der Waals surface area contributed by atoms with Gasteiger partial charge in [0.25, 0.3) is 5.91 Å². The Bertz CT molecular complexity index is 590. The lowest BCUT2D eigenvalue weighted by Crippen LogP contribution is -2.52. The highest BCUT2D eigenvalue weighted by Crippen LogP contribution is 2.31. The fraction of sp³-hybridized carbons (Fsp3) is 0.611. The van der Waals surface area contributed by atoms with Crippen LogP contribution >= 0.6 is 11.6 Å². The molecule has 1 saturated carbocycles. The van der Waals surface area contributed by atoms with Crippen LogP contribution in [-0.2, 0) is 4.74 Å². The van der Waals surface area contributed by atoms with Crippen LogP contribution in [0.1, 0.15) is 29.6 Å². The number of hydrogen-bond donors (Lipinski definition) is 0. The van der Waals surface area contributed by atoms with Crippen molar-refractivity contribution in [3.05, 3.63) is 34.9 Å². The summed E-state index contributed by atoms with van der Waals surface area (Å²) in [4.78, 5) is 17.1. The van der Waals surface area contributed by atoms with E-state index in [0.717, 1.165) is 45.1 Å². The van der Waals surface area contributed by atoms with E-state index in [1.807, 2.05) is 17.0 Å². The Balaban J connectivity index is 1.35. The largest absolute Gasteiger partial charge is 0.377 e. The summed E-state index contributed by atoms with van der Waals surface area (Å²) >= 11 is 6.01. The Morgan fingerprint density at radius 1 is 1.26 bits per heavy atom. The second kappa shape index (κ2) is 6.42. The molecule has 0 spiro atoms. The third kappa shape index (κ3) is 3.54. The van der Waals surface area contributed by atoms with Crippen LogP contribution in [-0.4, -0.2) is 60.6 Å². The lowest BCUT2D eigenvalue weighted by molar-refractivity contribution is 0.0492. The van der Waals surface area contributed by atoms with Crippen LogP contribution in [0.4, 0.5) is 0 Å². The molecule has 0 N–H and O–H groups in total. The van der Waals surface area contributed by atoms with Crippen molar-refractivity contribution in [2.75, 3.05) is 32.8 Å². The minimum Gasteiger partial charge on any atom is -0.377 e. The number of fused-ring (bicyclic) bond motifs is 1. The van der Waals surface area contributed by atoms with Gasteiger partial charge in [-0.2, -0.15) is 0 Å². The van der Waals surface area contributed by atoms with Crippen molar-refractivity contribution in [1.82, 2.24) is 9.80 Å². The Hall–Kier alpha value is -1.10. The van der Waals surface area contributed by atoms with Crippen molar-refractivity contribution >= 4 is 17.5 Å². The molecule has 3 fully saturated rings. The molecule has 2 atom stereocenters. The Labute approximate surface area is 142 Å². The van der Waals surface area contributed by atoms with Gasteiger partial charge in [-0.25, -0.2) is 0 Å². The van der Waals surface area contributed by atoms with Crippen LogP contribution in [0.3, 0.4) is 0 Å². The highest BCUT2D eigenvalue weighted by molar-refractivity contribution is 6.30. The standard InChI is InChI=1S/C18H23ClN2O2/c19-15-3-1-2-14(8-15)18(22)21-7-6-20-11-17(9-16(20)10-21)23-12-13-4-5-13/h1-3,8,13,16-17H,4-7,9-12H2/t16-,17-/m1/s1. The Morgan fingerprint density at radius 3 is 2.91 bits per heavy atom. The van der Waals surface area contributed by atoms with Gasteiger partial charge < -0.3 is 9.64 Å². The van der Waals surface area contributed by atoms with Crippen LogP contribution in [0.2, 0.25) is 5.02 Å². The van der Waals surface area contributed by atoms with Crippen LogP contribution in [0.5, 0.6) is 0 Å². The number of ether oxygens (including phenoxy) is 1. The van der Waals surface area contributed by atoms with Crippen molar-refractivity contribution in [3.8, 4) is 0 Å². The molecule has 5 heteroatoms. The predicted octanol–water partition coefficient (Wildman–Crippen LogP) is 2.67. The maximum Gasteiger partial charge on any atom is 0.254 e. The molecule has 1 aromatic carbocycles. The average molecular weight is 335 g/mol. The van der Waals surface area contributed by atoms with Crippen LogP contribution < -0.4 is 0 Å². The number of halogens is 1. The number of carbonyl (C=O) groups excluding carboxylic acids is 1. The van der Waals surface area contributed by atoms with Crippen molar-refractivity contribution in [2.24, 2.45) is 5.92 Å². The minimum atomic E-state index is 0.0921. The molecule has 2 saturated heterocycles. The zero-order valence-electron chi connectivity index (χ0n) is 13.3. The van der Waals surface area contributed by atoms with E-state index in [4.69, 9.17) is 16.3 Å². The van der Waals surface area contributed by atoms with E-state index in [-0.39, 0.29) is 5.91 Å². The summed E-state index contributed by atoms with van der Waals surface area (Å²) in [6, 6.07) is 7.68. The normalized spacial score (nSPS) is 28.0. The number of amides is 1. The average Bonchev–Trinajstić information content (AvgIpc) is 3.30. The van der Waals surface area contributed by atoms with Gasteiger partial charge in [-0.1, -0.05) is 17.7 Å². The molecule has 0 bridgehead atoms. The maximum absolute atomic E-state index is 12.7. The van der Waals surface area contributed by atoms with Gasteiger partial charge >= 0.3 is 0 Å². The van der Waals surface area contributed by atoms with Gasteiger partial charge in [0.2, 0.25) is 0 Å². The number of hydrogen-bond acceptors (Lipinski definition) is 3. The van der Waals surface area contributed by atoms with Crippen LogP contribution in [0.15, 0.2) is 24.3 Å². The van der Waals surface area contributed by atoms with Gasteiger partial charge in [0, 0.05) is 49.4 Å². The van der Waals surface area contributed by atoms with Gasteiger partial charge in [0.05, 0.1) is 6.10 Å². The molecule has 4 rings (SSSR count). The molecule has 4 nitrogen and oxygen atoms in total. The molecule has 2 aliphatic heterocycles. The Morgan fingerprint density at radius 2 is 2.13 bits per heavy atom. The molecular formula is C18H23ClN2O2. The zero-order chi connectivity index (χ0) is 15.8. The van der Waals surface area contributed by atoms with E-state index >= 15 is 0 Å². The number of carbonyl (C=O) groups is 1. The van der Waals surface area contributed by atoms with E-state index < -0.39 is 0 Å². The van der Waals surface area contributed by atoms with Crippen molar-refractivity contribution in [3.63, 3.8) is 0 Å². The maximum atomic E-state index is 12.7. The SMILES string of the molecule is O=C(c1cccc(Cl)c1)N1CCN2C[C@H](OCC3CC3)C[C@@H]2C1. The molecule has 1 aliphatic carbocycles. The first-order valence-electron chi connectivity index (χ1n) is 8.59. The van der Waals surface area contributed by atoms with E-state index in [2.05, 4.69) is 4.90 Å². The molecule has 124 valence electrons. The van der Waals surface area contributed by atoms with E-state index in [1.54, 1.807) is 12.1 Å². The van der Waals surface area contributed by atoms with E-state index in [9.17, 15) is 4.79 Å². The summed E-state index contributed by atoms with van der Waals surface area (Å²) in [6.07, 6.45) is 4.07. The highest BCUT2D eigenvalue weighted by Gasteiger charge is 2.38. The summed E-state index contributed by atoms with van der Waals surface area (Å²) in [7, 11) is 0. The van der Waals surface area contributed by atoms with E-state index in [1.165, 1.54) is 12.8 Å². The highest BCUT2D eigenvalue weighted by atomic mass is 35.5. The Kier molecular flexibility index (Phi) is 4.31. The molecule has 0 unspecified atom stereocenters. The number of benzene rings is 1. The summed E-state index contributed by atoms with van der Waals surface area (Å²) < 4.78 is 6.05. The van der Waals surface area contributed by atoms with Crippen molar-refractivity contribution in [2.45, 2.75) is 31.4 Å². The molecule has 3 aliphatic rings. The third-order valence-electron chi connectivity index (χ3n) is 5.20. The quantitative estimate of drug-likeness (QED) is 0.848. The lowest BCUT2D eigenvalue weighted by Gasteiger charge is -2.37. The molecule has 0 radical (unpaired) electrons. The molecule has 0 aromatic heterocycles. The number of rotatable bonds is 4. The fourth-order valence-electron chi connectivity index (χ4n) is 3.66. The summed E-state index contributed by atoms with van der Waals surface area (Å²) in [6.45, 7) is 4.49. The molecule has 1 amide bonds. The first kappa shape index (κ1) is 15.4. The van der Waals surface area contributed by atoms with Gasteiger partial charge in [0.15, 0.2) is 0 Å². The van der Waals surface area contributed by atoms with E-state index in [0.29, 0.717) is 22.7 Å². The predicted molar refractivity (Wildman–Crippen MR) is 89.8 cm³/mol. The van der Waals surface area contributed by atoms with Gasteiger partial charge in [-0.15, -0.1) is 0 Å². The second-order valence-electron chi connectivity index (χ2n) is 7.04. The second-order valence-corrected chi connectivity index (χ2v) is 7.48. The zero-order valence-corrected chi connectivity index (χ0v) is 14.0. The van der Waals surface area contributed by atoms with Crippen LogP contribution in [0, 0.1) is 5.92 Å². The molecule has 23 heavy (non-hydrogen) atoms. The first-order chi connectivity index (χ1) is 11.2. The summed E-state index contributed by atoms with van der Waals surface area (Å²) in [5, 5.41) is 0.615. The summed E-state index contributed by atoms with van der Waals surface area (Å²) in [5.74, 6) is 0.906. The number of piperazine rings is 1. The topological polar surface area (TPSA) is 32.8 Å². The van der Waals surface area contributed by atoms with Crippen LogP contribution in [0.25, 0.3) is 0 Å². The molecular weight excluding hydrogens is 312 g/mol.